The fourth-order valence-corrected chi connectivity index (χ4v) is 3.56. The number of ether oxygens (including phenoxy) is 1. The van der Waals surface area contributed by atoms with E-state index in [4.69, 9.17) is 4.74 Å². The standard InChI is InChI=1S/C12H20N2O4S/c1-12(2,3)18-11(17)14-7-9-13(4-5-19-9)6-8(14)10(15)16/h8-9H,4-7H2,1-3H3,(H,15,16). The zero-order valence-electron chi connectivity index (χ0n) is 11.5. The van der Waals surface area contributed by atoms with Crippen LogP contribution >= 0.6 is 11.8 Å². The average molecular weight is 288 g/mol. The van der Waals surface area contributed by atoms with E-state index in [1.807, 2.05) is 0 Å². The second-order valence-electron chi connectivity index (χ2n) is 5.81. The summed E-state index contributed by atoms with van der Waals surface area (Å²) in [6.45, 7) is 7.02. The molecule has 2 atom stereocenters. The maximum absolute atomic E-state index is 12.1. The Morgan fingerprint density at radius 1 is 1.32 bits per heavy atom. The van der Waals surface area contributed by atoms with Gasteiger partial charge in [-0.2, -0.15) is 0 Å². The van der Waals surface area contributed by atoms with Crippen LogP contribution in [0.25, 0.3) is 0 Å². The van der Waals surface area contributed by atoms with Gasteiger partial charge in [-0.25, -0.2) is 9.59 Å². The monoisotopic (exact) mass is 288 g/mol. The van der Waals surface area contributed by atoms with Crippen molar-refractivity contribution in [1.82, 2.24) is 9.80 Å². The molecular weight excluding hydrogens is 268 g/mol. The number of aliphatic carboxylic acids is 1. The van der Waals surface area contributed by atoms with Gasteiger partial charge in [-0.3, -0.25) is 9.80 Å². The molecule has 0 spiro atoms. The van der Waals surface area contributed by atoms with Gasteiger partial charge in [0.05, 0.1) is 5.37 Å². The van der Waals surface area contributed by atoms with Gasteiger partial charge >= 0.3 is 12.1 Å². The van der Waals surface area contributed by atoms with Crippen molar-refractivity contribution in [3.05, 3.63) is 0 Å². The molecule has 0 bridgehead atoms. The molecule has 2 saturated heterocycles. The number of fused-ring (bicyclic) bond motifs is 1. The zero-order valence-corrected chi connectivity index (χ0v) is 12.3. The van der Waals surface area contributed by atoms with E-state index in [1.165, 1.54) is 4.90 Å². The number of nitrogens with zero attached hydrogens (tertiary/aromatic N) is 2. The average Bonchev–Trinajstić information content (AvgIpc) is 2.71. The highest BCUT2D eigenvalue weighted by Crippen LogP contribution is 2.30. The minimum Gasteiger partial charge on any atom is -0.480 e. The highest BCUT2D eigenvalue weighted by atomic mass is 32.2. The summed E-state index contributed by atoms with van der Waals surface area (Å²) >= 11 is 1.76. The van der Waals surface area contributed by atoms with Crippen LogP contribution in [0.15, 0.2) is 0 Å². The van der Waals surface area contributed by atoms with Crippen molar-refractivity contribution in [2.75, 3.05) is 25.4 Å². The van der Waals surface area contributed by atoms with Crippen LogP contribution in [0.4, 0.5) is 4.79 Å². The number of thioether (sulfide) groups is 1. The quantitative estimate of drug-likeness (QED) is 0.778. The molecule has 2 rings (SSSR count). The summed E-state index contributed by atoms with van der Waals surface area (Å²) in [7, 11) is 0. The molecule has 0 aromatic heterocycles. The third-order valence-electron chi connectivity index (χ3n) is 3.15. The van der Waals surface area contributed by atoms with Gasteiger partial charge in [0.1, 0.15) is 11.6 Å². The maximum Gasteiger partial charge on any atom is 0.411 e. The van der Waals surface area contributed by atoms with E-state index in [0.717, 1.165) is 12.3 Å². The van der Waals surface area contributed by atoms with Crippen LogP contribution in [-0.2, 0) is 9.53 Å². The normalized spacial score (nSPS) is 28.1. The molecule has 7 heteroatoms. The molecule has 2 aliphatic heterocycles. The van der Waals surface area contributed by atoms with Crippen LogP contribution in [0.5, 0.6) is 0 Å². The SMILES string of the molecule is CC(C)(C)OC(=O)N1CC2SCCN2CC1C(=O)O. The van der Waals surface area contributed by atoms with Gasteiger partial charge in [0.25, 0.3) is 0 Å². The molecule has 2 unspecified atom stereocenters. The first-order chi connectivity index (χ1) is 8.78. The third-order valence-corrected chi connectivity index (χ3v) is 4.40. The first-order valence-electron chi connectivity index (χ1n) is 6.36. The van der Waals surface area contributed by atoms with E-state index in [-0.39, 0.29) is 5.37 Å². The zero-order chi connectivity index (χ0) is 14.2. The number of carboxylic acids is 1. The van der Waals surface area contributed by atoms with Crippen molar-refractivity contribution in [3.63, 3.8) is 0 Å². The number of carbonyl (C=O) groups is 2. The number of rotatable bonds is 1. The number of hydrogen-bond donors (Lipinski definition) is 1. The largest absolute Gasteiger partial charge is 0.480 e. The van der Waals surface area contributed by atoms with Crippen molar-refractivity contribution in [2.24, 2.45) is 0 Å². The van der Waals surface area contributed by atoms with Crippen molar-refractivity contribution >= 4 is 23.8 Å². The van der Waals surface area contributed by atoms with Crippen LogP contribution in [0.3, 0.4) is 0 Å². The molecule has 2 fully saturated rings. The lowest BCUT2D eigenvalue weighted by atomic mass is 10.1. The van der Waals surface area contributed by atoms with Gasteiger partial charge in [-0.1, -0.05) is 0 Å². The Kier molecular flexibility index (Phi) is 3.96. The minimum atomic E-state index is -0.971. The molecule has 6 nitrogen and oxygen atoms in total. The summed E-state index contributed by atoms with van der Waals surface area (Å²) in [5.41, 5.74) is -0.611. The van der Waals surface area contributed by atoms with Gasteiger partial charge in [-0.15, -0.1) is 11.8 Å². The molecule has 2 heterocycles. The van der Waals surface area contributed by atoms with Gasteiger partial charge in [-0.05, 0) is 20.8 Å². The van der Waals surface area contributed by atoms with Gasteiger partial charge in [0.2, 0.25) is 0 Å². The summed E-state index contributed by atoms with van der Waals surface area (Å²) in [5.74, 6) is 0.0142. The van der Waals surface area contributed by atoms with Gasteiger partial charge in [0.15, 0.2) is 0 Å². The number of piperazine rings is 1. The summed E-state index contributed by atoms with van der Waals surface area (Å²) in [6.07, 6.45) is -0.535. The Morgan fingerprint density at radius 3 is 2.58 bits per heavy atom. The summed E-state index contributed by atoms with van der Waals surface area (Å²) < 4.78 is 5.30. The number of carbonyl (C=O) groups excluding carboxylic acids is 1. The molecule has 0 aliphatic carbocycles. The second-order valence-corrected chi connectivity index (χ2v) is 7.09. The van der Waals surface area contributed by atoms with Crippen LogP contribution < -0.4 is 0 Å². The molecule has 0 radical (unpaired) electrons. The lowest BCUT2D eigenvalue weighted by Gasteiger charge is -2.41. The van der Waals surface area contributed by atoms with Crippen LogP contribution in [0, 0.1) is 0 Å². The molecule has 1 amide bonds. The summed E-state index contributed by atoms with van der Waals surface area (Å²) in [6, 6.07) is -0.815. The highest BCUT2D eigenvalue weighted by molar-refractivity contribution is 8.00. The third kappa shape index (κ3) is 3.33. The van der Waals surface area contributed by atoms with Crippen LogP contribution in [-0.4, -0.2) is 69.4 Å². The molecule has 1 N–H and O–H groups in total. The second kappa shape index (κ2) is 5.20. The van der Waals surface area contributed by atoms with E-state index in [2.05, 4.69) is 4.90 Å². The molecule has 0 saturated carbocycles. The minimum absolute atomic E-state index is 0.197. The first kappa shape index (κ1) is 14.5. The van der Waals surface area contributed by atoms with Gasteiger partial charge in [0, 0.05) is 25.4 Å². The lowest BCUT2D eigenvalue weighted by molar-refractivity contribution is -0.145. The molecule has 108 valence electrons. The van der Waals surface area contributed by atoms with Crippen molar-refractivity contribution in [1.29, 1.82) is 0 Å². The van der Waals surface area contributed by atoms with Crippen molar-refractivity contribution in [2.45, 2.75) is 37.8 Å². The predicted molar refractivity (Wildman–Crippen MR) is 72.2 cm³/mol. The van der Waals surface area contributed by atoms with Gasteiger partial charge < -0.3 is 9.84 Å². The highest BCUT2D eigenvalue weighted by Gasteiger charge is 2.43. The van der Waals surface area contributed by atoms with Crippen molar-refractivity contribution in [3.8, 4) is 0 Å². The smallest absolute Gasteiger partial charge is 0.411 e. The number of amides is 1. The van der Waals surface area contributed by atoms with Crippen molar-refractivity contribution < 1.29 is 19.4 Å². The van der Waals surface area contributed by atoms with Crippen LogP contribution in [0.1, 0.15) is 20.8 Å². The number of carboxylic acid groups (broad SMARTS) is 1. The first-order valence-corrected chi connectivity index (χ1v) is 7.41. The van der Waals surface area contributed by atoms with E-state index in [0.29, 0.717) is 13.1 Å². The topological polar surface area (TPSA) is 70.1 Å². The number of hydrogen-bond acceptors (Lipinski definition) is 5. The van der Waals surface area contributed by atoms with E-state index < -0.39 is 23.7 Å². The molecule has 19 heavy (non-hydrogen) atoms. The Balaban J connectivity index is 2.11. The van der Waals surface area contributed by atoms with E-state index in [9.17, 15) is 14.7 Å². The molecular formula is C12H20N2O4S. The Morgan fingerprint density at radius 2 is 2.00 bits per heavy atom. The predicted octanol–water partition coefficient (Wildman–Crippen LogP) is 1.07. The Labute approximate surface area is 117 Å². The molecule has 0 aromatic carbocycles. The molecule has 0 aromatic rings. The fraction of sp³-hybridized carbons (Fsp3) is 0.833. The van der Waals surface area contributed by atoms with E-state index >= 15 is 0 Å². The lowest BCUT2D eigenvalue weighted by Crippen LogP contribution is -2.60. The molecule has 2 aliphatic rings. The maximum atomic E-state index is 12.1. The Bertz CT molecular complexity index is 382. The summed E-state index contributed by atoms with van der Waals surface area (Å²) in [4.78, 5) is 27.0. The van der Waals surface area contributed by atoms with E-state index in [1.54, 1.807) is 32.5 Å². The van der Waals surface area contributed by atoms with Crippen LogP contribution in [0.2, 0.25) is 0 Å². The Hall–Kier alpha value is -0.950. The fourth-order valence-electron chi connectivity index (χ4n) is 2.28. The summed E-state index contributed by atoms with van der Waals surface area (Å²) in [5, 5.41) is 9.49.